The Hall–Kier alpha value is -4.04. The molecule has 0 bridgehead atoms. The van der Waals surface area contributed by atoms with E-state index in [1.54, 1.807) is 17.1 Å². The zero-order valence-corrected chi connectivity index (χ0v) is 21.6. The van der Waals surface area contributed by atoms with E-state index in [4.69, 9.17) is 9.84 Å². The van der Waals surface area contributed by atoms with Crippen LogP contribution in [0.25, 0.3) is 0 Å². The number of fused-ring (bicyclic) bond motifs is 3. The number of nitrogens with zero attached hydrogens (tertiary/aromatic N) is 3. The molecule has 196 valence electrons. The van der Waals surface area contributed by atoms with Crippen LogP contribution in [0.3, 0.4) is 0 Å². The fourth-order valence-electron chi connectivity index (χ4n) is 4.92. The summed E-state index contributed by atoms with van der Waals surface area (Å²) < 4.78 is 19.6. The van der Waals surface area contributed by atoms with E-state index < -0.39 is 12.0 Å². The summed E-state index contributed by atoms with van der Waals surface area (Å²) in [7, 11) is 0. The van der Waals surface area contributed by atoms with Gasteiger partial charge in [0.2, 0.25) is 5.78 Å². The highest BCUT2D eigenvalue weighted by atomic mass is 19.1. The standard InChI is InChI=1S/C30H31FN4O3/c1-3-34(4-2)18-17-32-29(37)22-11-9-20(10-12-22)25-19-26-24-7-5-6-8-27(24)38-30(35(26)33-25)28(36)21-13-15-23(31)16-14-21/h5-16,26,30H,3-4,17-19H2,1-2H3,(H,32,37). The molecule has 5 rings (SSSR count). The largest absolute Gasteiger partial charge is 0.461 e. The smallest absolute Gasteiger partial charge is 0.251 e. The molecule has 0 aromatic heterocycles. The summed E-state index contributed by atoms with van der Waals surface area (Å²) in [6.45, 7) is 7.52. The number of rotatable bonds is 9. The lowest BCUT2D eigenvalue weighted by Crippen LogP contribution is -2.45. The minimum atomic E-state index is -0.964. The van der Waals surface area contributed by atoms with E-state index in [9.17, 15) is 14.0 Å². The van der Waals surface area contributed by atoms with Gasteiger partial charge in [0.1, 0.15) is 11.6 Å². The number of hydrogen-bond donors (Lipinski definition) is 1. The molecular weight excluding hydrogens is 483 g/mol. The van der Waals surface area contributed by atoms with Gasteiger partial charge in [-0.25, -0.2) is 9.40 Å². The van der Waals surface area contributed by atoms with Crippen LogP contribution in [0.1, 0.15) is 58.2 Å². The number of likely N-dealkylation sites (N-methyl/N-ethyl adjacent to an activating group) is 1. The highest BCUT2D eigenvalue weighted by molar-refractivity contribution is 6.04. The van der Waals surface area contributed by atoms with E-state index >= 15 is 0 Å². The molecular formula is C30H31FN4O3. The van der Waals surface area contributed by atoms with Crippen molar-refractivity contribution in [3.63, 3.8) is 0 Å². The van der Waals surface area contributed by atoms with Crippen molar-refractivity contribution in [1.82, 2.24) is 15.2 Å². The summed E-state index contributed by atoms with van der Waals surface area (Å²) >= 11 is 0. The Morgan fingerprint density at radius 1 is 1.00 bits per heavy atom. The van der Waals surface area contributed by atoms with Gasteiger partial charge in [0, 0.05) is 36.2 Å². The molecule has 3 aromatic rings. The van der Waals surface area contributed by atoms with Crippen LogP contribution >= 0.6 is 0 Å². The van der Waals surface area contributed by atoms with Crippen molar-refractivity contribution in [1.29, 1.82) is 0 Å². The van der Waals surface area contributed by atoms with Gasteiger partial charge in [-0.1, -0.05) is 44.2 Å². The van der Waals surface area contributed by atoms with Crippen LogP contribution < -0.4 is 10.1 Å². The molecule has 8 heteroatoms. The van der Waals surface area contributed by atoms with E-state index in [1.165, 1.54) is 24.3 Å². The summed E-state index contributed by atoms with van der Waals surface area (Å²) in [6.07, 6.45) is -0.378. The lowest BCUT2D eigenvalue weighted by atomic mass is 9.95. The third kappa shape index (κ3) is 5.17. The molecule has 2 atom stereocenters. The number of ketones is 1. The first kappa shape index (κ1) is 25.6. The number of ether oxygens (including phenoxy) is 1. The van der Waals surface area contributed by atoms with Crippen molar-refractivity contribution in [2.24, 2.45) is 5.10 Å². The first-order valence-corrected chi connectivity index (χ1v) is 13.0. The molecule has 0 aliphatic carbocycles. The first-order chi connectivity index (χ1) is 18.5. The monoisotopic (exact) mass is 514 g/mol. The van der Waals surface area contributed by atoms with Crippen molar-refractivity contribution in [3.8, 4) is 5.75 Å². The molecule has 1 amide bonds. The molecule has 0 saturated heterocycles. The SMILES string of the molecule is CCN(CC)CCNC(=O)c1ccc(C2=NN3C(C(=O)c4ccc(F)cc4)Oc4ccccc4C3C2)cc1. The quantitative estimate of drug-likeness (QED) is 0.421. The van der Waals surface area contributed by atoms with Crippen LogP contribution in [-0.4, -0.2) is 59.7 Å². The Balaban J connectivity index is 1.35. The fourth-order valence-corrected chi connectivity index (χ4v) is 4.92. The second-order valence-corrected chi connectivity index (χ2v) is 9.39. The minimum Gasteiger partial charge on any atom is -0.461 e. The molecule has 0 fully saturated rings. The molecule has 2 unspecified atom stereocenters. The molecule has 3 aromatic carbocycles. The number of benzene rings is 3. The summed E-state index contributed by atoms with van der Waals surface area (Å²) in [6, 6.07) is 20.3. The second-order valence-electron chi connectivity index (χ2n) is 9.39. The maximum atomic E-state index is 13.4. The Bertz CT molecular complexity index is 1340. The maximum Gasteiger partial charge on any atom is 0.251 e. The van der Waals surface area contributed by atoms with Gasteiger partial charge < -0.3 is 15.0 Å². The molecule has 2 aliphatic rings. The van der Waals surface area contributed by atoms with E-state index in [2.05, 4.69) is 24.1 Å². The summed E-state index contributed by atoms with van der Waals surface area (Å²) in [5.74, 6) is -0.160. The van der Waals surface area contributed by atoms with E-state index in [0.29, 0.717) is 29.8 Å². The Morgan fingerprint density at radius 2 is 1.68 bits per heavy atom. The molecule has 2 aliphatic heterocycles. The number of carbonyl (C=O) groups is 2. The van der Waals surface area contributed by atoms with Gasteiger partial charge in [-0.15, -0.1) is 0 Å². The van der Waals surface area contributed by atoms with Crippen LogP contribution in [0, 0.1) is 5.82 Å². The van der Waals surface area contributed by atoms with Gasteiger partial charge in [-0.3, -0.25) is 9.59 Å². The molecule has 0 spiro atoms. The molecule has 0 saturated carbocycles. The zero-order valence-electron chi connectivity index (χ0n) is 21.6. The Morgan fingerprint density at radius 3 is 2.39 bits per heavy atom. The highest BCUT2D eigenvalue weighted by Crippen LogP contribution is 2.43. The number of hydrogen-bond acceptors (Lipinski definition) is 6. The predicted octanol–water partition coefficient (Wildman–Crippen LogP) is 4.65. The van der Waals surface area contributed by atoms with Gasteiger partial charge >= 0.3 is 0 Å². The molecule has 7 nitrogen and oxygen atoms in total. The minimum absolute atomic E-state index is 0.109. The number of Topliss-reactive ketones (excluding diaryl/α,β-unsaturated/α-hetero) is 1. The summed E-state index contributed by atoms with van der Waals surface area (Å²) in [5.41, 5.74) is 3.58. The van der Waals surface area contributed by atoms with E-state index in [1.807, 2.05) is 36.4 Å². The van der Waals surface area contributed by atoms with Gasteiger partial charge in [0.15, 0.2) is 0 Å². The zero-order chi connectivity index (χ0) is 26.6. The average molecular weight is 515 g/mol. The molecule has 0 radical (unpaired) electrons. The number of hydrazone groups is 1. The van der Waals surface area contributed by atoms with Gasteiger partial charge in [0.25, 0.3) is 12.1 Å². The number of para-hydroxylation sites is 1. The van der Waals surface area contributed by atoms with Crippen LogP contribution in [-0.2, 0) is 0 Å². The molecule has 1 N–H and O–H groups in total. The normalized spacial score (nSPS) is 17.9. The van der Waals surface area contributed by atoms with Crippen LogP contribution in [0.5, 0.6) is 5.75 Å². The number of carbonyl (C=O) groups excluding carboxylic acids is 2. The van der Waals surface area contributed by atoms with Crippen LogP contribution in [0.2, 0.25) is 0 Å². The molecule has 38 heavy (non-hydrogen) atoms. The topological polar surface area (TPSA) is 74.2 Å². The number of halogens is 1. The third-order valence-electron chi connectivity index (χ3n) is 7.14. The Labute approximate surface area is 221 Å². The molecule has 2 heterocycles. The van der Waals surface area contributed by atoms with Crippen LogP contribution in [0.4, 0.5) is 4.39 Å². The van der Waals surface area contributed by atoms with Crippen LogP contribution in [0.15, 0.2) is 77.9 Å². The van der Waals surface area contributed by atoms with Crippen molar-refractivity contribution in [3.05, 3.63) is 101 Å². The van der Waals surface area contributed by atoms with E-state index in [0.717, 1.165) is 36.5 Å². The number of nitrogens with one attached hydrogen (secondary N) is 1. The van der Waals surface area contributed by atoms with Gasteiger partial charge in [0.05, 0.1) is 11.8 Å². The van der Waals surface area contributed by atoms with Crippen molar-refractivity contribution in [2.45, 2.75) is 32.5 Å². The van der Waals surface area contributed by atoms with E-state index in [-0.39, 0.29) is 17.7 Å². The maximum absolute atomic E-state index is 13.4. The van der Waals surface area contributed by atoms with Crippen molar-refractivity contribution >= 4 is 17.4 Å². The number of amides is 1. The van der Waals surface area contributed by atoms with Gasteiger partial charge in [-0.2, -0.15) is 5.10 Å². The van der Waals surface area contributed by atoms with Gasteiger partial charge in [-0.05, 0) is 61.1 Å². The van der Waals surface area contributed by atoms with Crippen molar-refractivity contribution < 1.29 is 18.7 Å². The highest BCUT2D eigenvalue weighted by Gasteiger charge is 2.43. The predicted molar refractivity (Wildman–Crippen MR) is 144 cm³/mol. The average Bonchev–Trinajstić information content (AvgIpc) is 3.41. The Kier molecular flexibility index (Phi) is 7.51. The third-order valence-corrected chi connectivity index (χ3v) is 7.14. The summed E-state index contributed by atoms with van der Waals surface area (Å²) in [5, 5.41) is 9.50. The van der Waals surface area contributed by atoms with Crippen molar-refractivity contribution in [2.75, 3.05) is 26.2 Å². The lowest BCUT2D eigenvalue weighted by Gasteiger charge is -2.37. The fraction of sp³-hybridized carbons (Fsp3) is 0.300. The lowest BCUT2D eigenvalue weighted by molar-refractivity contribution is -0.00456. The second kappa shape index (κ2) is 11.1. The first-order valence-electron chi connectivity index (χ1n) is 13.0. The summed E-state index contributed by atoms with van der Waals surface area (Å²) in [4.78, 5) is 28.2.